The molecule has 0 saturated heterocycles. The summed E-state index contributed by atoms with van der Waals surface area (Å²) in [7, 11) is 3.10. The van der Waals surface area contributed by atoms with Crippen LogP contribution in [-0.2, 0) is 6.54 Å². The van der Waals surface area contributed by atoms with Gasteiger partial charge >= 0.3 is 5.56 Å². The van der Waals surface area contributed by atoms with Crippen LogP contribution in [0.4, 0.5) is 0 Å². The van der Waals surface area contributed by atoms with Crippen molar-refractivity contribution < 1.29 is 9.63 Å². The Labute approximate surface area is 125 Å². The first-order valence-electron chi connectivity index (χ1n) is 6.56. The van der Waals surface area contributed by atoms with Crippen molar-refractivity contribution in [3.05, 3.63) is 27.8 Å². The van der Waals surface area contributed by atoms with Gasteiger partial charge in [-0.15, -0.1) is 16.7 Å². The summed E-state index contributed by atoms with van der Waals surface area (Å²) in [5.41, 5.74) is 1.22. The first kappa shape index (κ1) is 13.9. The van der Waals surface area contributed by atoms with Crippen LogP contribution in [0.1, 0.15) is 28.5 Å². The van der Waals surface area contributed by atoms with Gasteiger partial charge in [0.1, 0.15) is 18.5 Å². The summed E-state index contributed by atoms with van der Waals surface area (Å²) >= 11 is 6.19. The summed E-state index contributed by atoms with van der Waals surface area (Å²) in [5, 5.41) is 4.13. The molecule has 2 aromatic rings. The van der Waals surface area contributed by atoms with E-state index in [1.807, 2.05) is 4.57 Å². The van der Waals surface area contributed by atoms with Crippen molar-refractivity contribution >= 4 is 28.4 Å². The molecule has 0 N–H and O–H groups in total. The van der Waals surface area contributed by atoms with Gasteiger partial charge in [0, 0.05) is 20.1 Å². The van der Waals surface area contributed by atoms with Gasteiger partial charge in [-0.25, -0.2) is 0 Å². The van der Waals surface area contributed by atoms with E-state index < -0.39 is 10.9 Å². The summed E-state index contributed by atoms with van der Waals surface area (Å²) in [6.07, 6.45) is 0. The predicted molar refractivity (Wildman–Crippen MR) is 77.7 cm³/mol. The van der Waals surface area contributed by atoms with E-state index >= 15 is 0 Å². The van der Waals surface area contributed by atoms with Crippen molar-refractivity contribution in [2.45, 2.75) is 18.8 Å². The number of rotatable bonds is 2. The molecule has 21 heavy (non-hydrogen) atoms. The lowest BCUT2D eigenvalue weighted by Gasteiger charge is -2.25. The molecular weight excluding hydrogens is 296 g/mol. The molecule has 112 valence electrons. The second-order valence-electron chi connectivity index (χ2n) is 5.03. The first-order chi connectivity index (χ1) is 9.95. The van der Waals surface area contributed by atoms with Gasteiger partial charge < -0.3 is 14.3 Å². The molecule has 0 spiro atoms. The molecule has 3 rings (SSSR count). The van der Waals surface area contributed by atoms with E-state index in [-0.39, 0.29) is 5.91 Å². The number of amides is 1. The molecule has 0 fully saturated rings. The van der Waals surface area contributed by atoms with Gasteiger partial charge in [0.25, 0.3) is 5.91 Å². The molecule has 2 aromatic heterocycles. The lowest BCUT2D eigenvalue weighted by Crippen LogP contribution is -2.37. The Hall–Kier alpha value is -2.02. The van der Waals surface area contributed by atoms with Crippen LogP contribution < -0.4 is 10.4 Å². The summed E-state index contributed by atoms with van der Waals surface area (Å²) in [6, 6.07) is 1.59. The highest BCUT2D eigenvalue weighted by Gasteiger charge is 2.28. The standard InChI is InChI=1S/C13H15ClN4O3/c1-7(14)10-11-8(12(19)18(15-10)21-3)6-9-13(20)16(2)4-5-17(9)11/h6-7H,4-5H2,1-3H3. The number of aromatic nitrogens is 3. The van der Waals surface area contributed by atoms with Crippen LogP contribution in [-0.4, -0.2) is 46.0 Å². The van der Waals surface area contributed by atoms with Crippen LogP contribution in [0.2, 0.25) is 0 Å². The molecule has 0 bridgehead atoms. The maximum absolute atomic E-state index is 12.3. The minimum Gasteiger partial charge on any atom is -0.397 e. The molecule has 3 heterocycles. The largest absolute Gasteiger partial charge is 0.397 e. The SMILES string of the molecule is COn1nc(C(C)Cl)c2c(cc3n2CCN(C)C3=O)c1=O. The number of carbonyl (C=O) groups is 1. The smallest absolute Gasteiger partial charge is 0.312 e. The average Bonchev–Trinajstić information content (AvgIpc) is 2.84. The fraction of sp³-hybridized carbons (Fsp3) is 0.462. The van der Waals surface area contributed by atoms with Gasteiger partial charge in [-0.2, -0.15) is 0 Å². The molecule has 1 aliphatic rings. The van der Waals surface area contributed by atoms with Crippen LogP contribution in [0.5, 0.6) is 0 Å². The lowest BCUT2D eigenvalue weighted by atomic mass is 10.2. The Bertz CT molecular complexity index is 793. The van der Waals surface area contributed by atoms with Gasteiger partial charge in [0.05, 0.1) is 16.3 Å². The molecule has 7 nitrogen and oxygen atoms in total. The highest BCUT2D eigenvalue weighted by Crippen LogP contribution is 2.28. The average molecular weight is 311 g/mol. The molecule has 1 atom stereocenters. The van der Waals surface area contributed by atoms with E-state index in [1.165, 1.54) is 7.11 Å². The molecule has 0 radical (unpaired) electrons. The number of halogens is 1. The number of carbonyl (C=O) groups excluding carboxylic acids is 1. The van der Waals surface area contributed by atoms with Crippen molar-refractivity contribution in [1.82, 2.24) is 19.4 Å². The minimum absolute atomic E-state index is 0.117. The third kappa shape index (κ3) is 1.91. The molecule has 1 unspecified atom stereocenters. The Balaban J connectivity index is 2.42. The van der Waals surface area contributed by atoms with Gasteiger partial charge in [-0.3, -0.25) is 9.59 Å². The van der Waals surface area contributed by atoms with E-state index in [1.54, 1.807) is 24.9 Å². The van der Waals surface area contributed by atoms with Crippen LogP contribution >= 0.6 is 11.6 Å². The van der Waals surface area contributed by atoms with E-state index in [2.05, 4.69) is 5.10 Å². The Morgan fingerprint density at radius 1 is 1.38 bits per heavy atom. The maximum atomic E-state index is 12.3. The van der Waals surface area contributed by atoms with Crippen LogP contribution in [0.3, 0.4) is 0 Å². The number of hydrogen-bond acceptors (Lipinski definition) is 4. The monoisotopic (exact) mass is 310 g/mol. The maximum Gasteiger partial charge on any atom is 0.312 e. The Morgan fingerprint density at radius 3 is 2.71 bits per heavy atom. The molecule has 0 aliphatic carbocycles. The van der Waals surface area contributed by atoms with Gasteiger partial charge in [-0.1, -0.05) is 4.85 Å². The zero-order chi connectivity index (χ0) is 15.3. The quantitative estimate of drug-likeness (QED) is 0.763. The van der Waals surface area contributed by atoms with Crippen molar-refractivity contribution in [3.8, 4) is 0 Å². The molecular formula is C13H15ClN4O3. The number of nitrogens with zero attached hydrogens (tertiary/aromatic N) is 4. The second-order valence-corrected chi connectivity index (χ2v) is 5.69. The van der Waals surface area contributed by atoms with E-state index in [0.29, 0.717) is 35.4 Å². The van der Waals surface area contributed by atoms with Crippen LogP contribution in [0.25, 0.3) is 10.9 Å². The second kappa shape index (κ2) is 4.77. The number of alkyl halides is 1. The normalized spacial score (nSPS) is 16.2. The predicted octanol–water partition coefficient (Wildman–Crippen LogP) is 0.642. The topological polar surface area (TPSA) is 69.4 Å². The summed E-state index contributed by atoms with van der Waals surface area (Å²) in [5.74, 6) is -0.117. The highest BCUT2D eigenvalue weighted by atomic mass is 35.5. The number of likely N-dealkylation sites (N-methyl/N-ethyl adjacent to an activating group) is 1. The van der Waals surface area contributed by atoms with Gasteiger partial charge in [-0.05, 0) is 13.0 Å². The third-order valence-corrected chi connectivity index (χ3v) is 3.92. The van der Waals surface area contributed by atoms with Crippen molar-refractivity contribution in [3.63, 3.8) is 0 Å². The number of fused-ring (bicyclic) bond motifs is 3. The van der Waals surface area contributed by atoms with Gasteiger partial charge in [0.2, 0.25) is 0 Å². The highest BCUT2D eigenvalue weighted by molar-refractivity contribution is 6.21. The van der Waals surface area contributed by atoms with E-state index in [4.69, 9.17) is 16.4 Å². The fourth-order valence-electron chi connectivity index (χ4n) is 2.63. The lowest BCUT2D eigenvalue weighted by molar-refractivity contribution is 0.0751. The molecule has 0 aromatic carbocycles. The summed E-state index contributed by atoms with van der Waals surface area (Å²) in [6.45, 7) is 2.96. The minimum atomic E-state index is -0.414. The van der Waals surface area contributed by atoms with Crippen LogP contribution in [0.15, 0.2) is 10.9 Å². The Morgan fingerprint density at radius 2 is 2.10 bits per heavy atom. The van der Waals surface area contributed by atoms with Crippen LogP contribution in [0, 0.1) is 0 Å². The Kier molecular flexibility index (Phi) is 3.16. The van der Waals surface area contributed by atoms with Crippen molar-refractivity contribution in [1.29, 1.82) is 0 Å². The molecule has 0 saturated carbocycles. The zero-order valence-corrected chi connectivity index (χ0v) is 12.7. The summed E-state index contributed by atoms with van der Waals surface area (Å²) < 4.78 is 1.82. The number of hydrogen-bond donors (Lipinski definition) is 0. The fourth-order valence-corrected chi connectivity index (χ4v) is 2.78. The van der Waals surface area contributed by atoms with Gasteiger partial charge in [0.15, 0.2) is 0 Å². The van der Waals surface area contributed by atoms with E-state index in [0.717, 1.165) is 4.85 Å². The molecule has 1 aliphatic heterocycles. The third-order valence-electron chi connectivity index (χ3n) is 3.72. The van der Waals surface area contributed by atoms with Crippen molar-refractivity contribution in [2.24, 2.45) is 0 Å². The van der Waals surface area contributed by atoms with Crippen molar-refractivity contribution in [2.75, 3.05) is 20.7 Å². The zero-order valence-electron chi connectivity index (χ0n) is 12.0. The summed E-state index contributed by atoms with van der Waals surface area (Å²) in [4.78, 5) is 32.1. The molecule has 1 amide bonds. The molecule has 8 heteroatoms. The first-order valence-corrected chi connectivity index (χ1v) is 6.99. The van der Waals surface area contributed by atoms with E-state index in [9.17, 15) is 9.59 Å².